The summed E-state index contributed by atoms with van der Waals surface area (Å²) >= 11 is 0. The Bertz CT molecular complexity index is 536. The Balaban J connectivity index is 1.88. The van der Waals surface area contributed by atoms with Crippen LogP contribution in [0, 0.1) is 6.92 Å². The maximum atomic E-state index is 5.71. The highest BCUT2D eigenvalue weighted by Gasteiger charge is 2.06. The molecule has 0 atom stereocenters. The van der Waals surface area contributed by atoms with E-state index in [0.717, 1.165) is 23.8 Å². The molecule has 0 aliphatic heterocycles. The number of hydrogen-bond donors (Lipinski definition) is 1. The first-order valence-electron chi connectivity index (χ1n) is 6.47. The van der Waals surface area contributed by atoms with Crippen LogP contribution in [0.15, 0.2) is 24.3 Å². The summed E-state index contributed by atoms with van der Waals surface area (Å²) in [6, 6.07) is 8.03. The van der Waals surface area contributed by atoms with Crippen molar-refractivity contribution in [3.63, 3.8) is 0 Å². The molecule has 0 radical (unpaired) electrons. The Morgan fingerprint density at radius 2 is 2.16 bits per heavy atom. The molecule has 0 bridgehead atoms. The zero-order valence-corrected chi connectivity index (χ0v) is 11.5. The normalized spacial score (nSPS) is 10.7. The van der Waals surface area contributed by atoms with Gasteiger partial charge in [0.25, 0.3) is 0 Å². The van der Waals surface area contributed by atoms with Crippen LogP contribution in [0.3, 0.4) is 0 Å². The lowest BCUT2D eigenvalue weighted by atomic mass is 10.2. The molecule has 0 unspecified atom stereocenters. The fourth-order valence-corrected chi connectivity index (χ4v) is 1.89. The van der Waals surface area contributed by atoms with Crippen molar-refractivity contribution in [2.45, 2.75) is 19.8 Å². The van der Waals surface area contributed by atoms with Crippen LogP contribution in [0.4, 0.5) is 0 Å². The van der Waals surface area contributed by atoms with Gasteiger partial charge in [-0.1, -0.05) is 12.1 Å². The molecule has 0 amide bonds. The van der Waals surface area contributed by atoms with Crippen molar-refractivity contribution in [3.05, 3.63) is 41.5 Å². The fourth-order valence-electron chi connectivity index (χ4n) is 1.89. The molecule has 1 heterocycles. The second-order valence-electron chi connectivity index (χ2n) is 4.52. The molecule has 0 saturated heterocycles. The predicted octanol–water partition coefficient (Wildman–Crippen LogP) is 1.25. The lowest BCUT2D eigenvalue weighted by Crippen LogP contribution is -2.07. The Morgan fingerprint density at radius 1 is 1.32 bits per heavy atom. The van der Waals surface area contributed by atoms with E-state index in [2.05, 4.69) is 23.1 Å². The maximum absolute atomic E-state index is 5.71. The average molecular weight is 260 g/mol. The molecule has 5 nitrogen and oxygen atoms in total. The van der Waals surface area contributed by atoms with Crippen LogP contribution in [0.2, 0.25) is 0 Å². The zero-order valence-electron chi connectivity index (χ0n) is 11.5. The van der Waals surface area contributed by atoms with Gasteiger partial charge in [-0.05, 0) is 31.2 Å². The second-order valence-corrected chi connectivity index (χ2v) is 4.52. The number of rotatable bonds is 6. The topological polar surface area (TPSA) is 66.0 Å². The number of nitrogens with zero attached hydrogens (tertiary/aromatic N) is 3. The molecule has 1 aromatic heterocycles. The first-order valence-corrected chi connectivity index (χ1v) is 6.47. The molecule has 2 N–H and O–H groups in total. The molecule has 2 rings (SSSR count). The molecule has 1 aromatic carbocycles. The van der Waals surface area contributed by atoms with Crippen LogP contribution >= 0.6 is 0 Å². The SMILES string of the molecule is Cc1cccc(OCCc2nc(CCN)nn2C)c1. The molecule has 19 heavy (non-hydrogen) atoms. The number of hydrogen-bond acceptors (Lipinski definition) is 4. The maximum Gasteiger partial charge on any atom is 0.152 e. The Morgan fingerprint density at radius 3 is 2.89 bits per heavy atom. The van der Waals surface area contributed by atoms with Gasteiger partial charge in [-0.2, -0.15) is 5.10 Å². The van der Waals surface area contributed by atoms with Crippen LogP contribution < -0.4 is 10.5 Å². The van der Waals surface area contributed by atoms with Crippen molar-refractivity contribution >= 4 is 0 Å². The molecule has 0 spiro atoms. The molecular weight excluding hydrogens is 240 g/mol. The van der Waals surface area contributed by atoms with E-state index in [9.17, 15) is 0 Å². The quantitative estimate of drug-likeness (QED) is 0.848. The van der Waals surface area contributed by atoms with Gasteiger partial charge in [-0.25, -0.2) is 4.98 Å². The summed E-state index contributed by atoms with van der Waals surface area (Å²) in [4.78, 5) is 4.44. The van der Waals surface area contributed by atoms with E-state index in [1.54, 1.807) is 4.68 Å². The molecular formula is C14H20N4O. The third-order valence-electron chi connectivity index (χ3n) is 2.85. The van der Waals surface area contributed by atoms with Gasteiger partial charge in [0.1, 0.15) is 11.6 Å². The lowest BCUT2D eigenvalue weighted by Gasteiger charge is -2.06. The van der Waals surface area contributed by atoms with E-state index in [0.29, 0.717) is 19.6 Å². The van der Waals surface area contributed by atoms with Crippen LogP contribution in [-0.4, -0.2) is 27.9 Å². The fraction of sp³-hybridized carbons (Fsp3) is 0.429. The van der Waals surface area contributed by atoms with Gasteiger partial charge in [0.05, 0.1) is 6.61 Å². The van der Waals surface area contributed by atoms with Gasteiger partial charge in [0.2, 0.25) is 0 Å². The van der Waals surface area contributed by atoms with Gasteiger partial charge in [0, 0.05) is 19.9 Å². The van der Waals surface area contributed by atoms with Crippen molar-refractivity contribution < 1.29 is 4.74 Å². The van der Waals surface area contributed by atoms with Gasteiger partial charge in [-0.15, -0.1) is 0 Å². The third-order valence-corrected chi connectivity index (χ3v) is 2.85. The number of aryl methyl sites for hydroxylation is 2. The summed E-state index contributed by atoms with van der Waals surface area (Å²) in [6.07, 6.45) is 1.45. The van der Waals surface area contributed by atoms with Crippen LogP contribution in [0.1, 0.15) is 17.2 Å². The van der Waals surface area contributed by atoms with Crippen molar-refractivity contribution in [1.29, 1.82) is 0 Å². The molecule has 0 aliphatic rings. The minimum Gasteiger partial charge on any atom is -0.493 e. The van der Waals surface area contributed by atoms with Crippen molar-refractivity contribution in [2.75, 3.05) is 13.2 Å². The van der Waals surface area contributed by atoms with E-state index in [1.807, 2.05) is 25.2 Å². The predicted molar refractivity (Wildman–Crippen MR) is 74.1 cm³/mol. The summed E-state index contributed by atoms with van der Waals surface area (Å²) in [5, 5.41) is 4.31. The Kier molecular flexibility index (Phi) is 4.52. The highest BCUT2D eigenvalue weighted by molar-refractivity contribution is 5.27. The van der Waals surface area contributed by atoms with Crippen LogP contribution in [-0.2, 0) is 19.9 Å². The minimum atomic E-state index is 0.573. The van der Waals surface area contributed by atoms with Crippen molar-refractivity contribution in [3.8, 4) is 5.75 Å². The van der Waals surface area contributed by atoms with Crippen molar-refractivity contribution in [1.82, 2.24) is 14.8 Å². The largest absolute Gasteiger partial charge is 0.493 e. The van der Waals surface area contributed by atoms with E-state index < -0.39 is 0 Å². The van der Waals surface area contributed by atoms with E-state index in [1.165, 1.54) is 5.56 Å². The van der Waals surface area contributed by atoms with Crippen LogP contribution in [0.25, 0.3) is 0 Å². The van der Waals surface area contributed by atoms with Gasteiger partial charge in [-0.3, -0.25) is 4.68 Å². The molecule has 2 aromatic rings. The first-order chi connectivity index (χ1) is 9.19. The monoisotopic (exact) mass is 260 g/mol. The number of aromatic nitrogens is 3. The van der Waals surface area contributed by atoms with Gasteiger partial charge < -0.3 is 10.5 Å². The summed E-state index contributed by atoms with van der Waals surface area (Å²) in [7, 11) is 1.90. The van der Waals surface area contributed by atoms with Crippen LogP contribution in [0.5, 0.6) is 5.75 Å². The molecule has 0 fully saturated rings. The molecule has 0 aliphatic carbocycles. The number of nitrogens with two attached hydrogens (primary N) is 1. The Labute approximate surface area is 113 Å². The number of benzene rings is 1. The molecule has 5 heteroatoms. The van der Waals surface area contributed by atoms with E-state index >= 15 is 0 Å². The Hall–Kier alpha value is -1.88. The zero-order chi connectivity index (χ0) is 13.7. The van der Waals surface area contributed by atoms with Crippen molar-refractivity contribution in [2.24, 2.45) is 12.8 Å². The highest BCUT2D eigenvalue weighted by Crippen LogP contribution is 2.12. The summed E-state index contributed by atoms with van der Waals surface area (Å²) in [5.41, 5.74) is 6.69. The molecule has 102 valence electrons. The second kappa shape index (κ2) is 6.33. The first kappa shape index (κ1) is 13.5. The molecule has 0 saturated carbocycles. The standard InChI is InChI=1S/C14H20N4O/c1-11-4-3-5-12(10-11)19-9-7-14-16-13(6-8-15)17-18(14)2/h3-5,10H,6-9,15H2,1-2H3. The minimum absolute atomic E-state index is 0.573. The van der Waals surface area contributed by atoms with E-state index in [4.69, 9.17) is 10.5 Å². The summed E-state index contributed by atoms with van der Waals surface area (Å²) < 4.78 is 7.51. The summed E-state index contributed by atoms with van der Waals surface area (Å²) in [5.74, 6) is 2.62. The highest BCUT2D eigenvalue weighted by atomic mass is 16.5. The smallest absolute Gasteiger partial charge is 0.152 e. The average Bonchev–Trinajstić information content (AvgIpc) is 2.71. The number of ether oxygens (including phenoxy) is 1. The van der Waals surface area contributed by atoms with Gasteiger partial charge >= 0.3 is 0 Å². The third kappa shape index (κ3) is 3.79. The van der Waals surface area contributed by atoms with E-state index in [-0.39, 0.29) is 0 Å². The summed E-state index contributed by atoms with van der Waals surface area (Å²) in [6.45, 7) is 3.22. The lowest BCUT2D eigenvalue weighted by molar-refractivity contribution is 0.316. The van der Waals surface area contributed by atoms with Gasteiger partial charge in [0.15, 0.2) is 5.82 Å².